The van der Waals surface area contributed by atoms with Crippen LogP contribution in [0.15, 0.2) is 34.9 Å². The average Bonchev–Trinajstić information content (AvgIpc) is 3.38. The summed E-state index contributed by atoms with van der Waals surface area (Å²) in [4.78, 5) is 15.2. The van der Waals surface area contributed by atoms with Crippen LogP contribution in [-0.4, -0.2) is 33.3 Å². The second kappa shape index (κ2) is 12.0. The number of amides is 1. The highest BCUT2D eigenvalue weighted by molar-refractivity contribution is 9.10. The van der Waals surface area contributed by atoms with E-state index in [-0.39, 0.29) is 0 Å². The number of benzene rings is 1. The summed E-state index contributed by atoms with van der Waals surface area (Å²) in [6.45, 7) is 1.51. The Labute approximate surface area is 187 Å². The fourth-order valence-electron chi connectivity index (χ4n) is 4.12. The molecule has 0 spiro atoms. The summed E-state index contributed by atoms with van der Waals surface area (Å²) in [6, 6.07) is 8.99. The Kier molecular flexibility index (Phi) is 9.05. The van der Waals surface area contributed by atoms with E-state index >= 15 is 0 Å². The highest BCUT2D eigenvalue weighted by Crippen LogP contribution is 2.28. The summed E-state index contributed by atoms with van der Waals surface area (Å²) >= 11 is 3.52. The highest BCUT2D eigenvalue weighted by Gasteiger charge is 2.18. The molecule has 1 amide bonds. The van der Waals surface area contributed by atoms with Crippen molar-refractivity contribution in [1.82, 2.24) is 14.9 Å². The average molecular weight is 477 g/mol. The first-order valence-electron chi connectivity index (χ1n) is 11.2. The number of hydrogen-bond donors (Lipinski definition) is 3. The van der Waals surface area contributed by atoms with Crippen LogP contribution in [0.25, 0.3) is 11.3 Å². The fraction of sp³-hybridized carbons (Fsp3) is 0.565. The van der Waals surface area contributed by atoms with E-state index in [1.807, 2.05) is 6.20 Å². The largest absolute Gasteiger partial charge is 0.465 e. The molecule has 30 heavy (non-hydrogen) atoms. The molecule has 2 aromatic rings. The van der Waals surface area contributed by atoms with Crippen LogP contribution in [0.5, 0.6) is 0 Å². The quantitative estimate of drug-likeness (QED) is 0.315. The Morgan fingerprint density at radius 2 is 1.73 bits per heavy atom. The van der Waals surface area contributed by atoms with Crippen molar-refractivity contribution in [1.29, 1.82) is 0 Å². The summed E-state index contributed by atoms with van der Waals surface area (Å²) in [6.07, 6.45) is 12.8. The van der Waals surface area contributed by atoms with E-state index in [9.17, 15) is 4.79 Å². The van der Waals surface area contributed by atoms with E-state index in [2.05, 4.69) is 55.4 Å². The van der Waals surface area contributed by atoms with Crippen LogP contribution in [0, 0.1) is 0 Å². The first-order chi connectivity index (χ1) is 14.6. The molecule has 0 aliphatic heterocycles. The molecule has 1 saturated carbocycles. The van der Waals surface area contributed by atoms with Gasteiger partial charge in [0, 0.05) is 23.6 Å². The second-order valence-corrected chi connectivity index (χ2v) is 9.02. The maximum Gasteiger partial charge on any atom is 0.404 e. The minimum atomic E-state index is -0.932. The van der Waals surface area contributed by atoms with Gasteiger partial charge in [-0.1, -0.05) is 66.6 Å². The lowest BCUT2D eigenvalue weighted by Gasteiger charge is -2.17. The molecule has 0 saturated heterocycles. The molecular formula is C23H33BrN4O2. The topological polar surface area (TPSA) is 79.2 Å². The van der Waals surface area contributed by atoms with Gasteiger partial charge in [0.25, 0.3) is 0 Å². The number of anilines is 1. The van der Waals surface area contributed by atoms with Gasteiger partial charge in [0.1, 0.15) is 0 Å². The summed E-state index contributed by atoms with van der Waals surface area (Å²) in [5.41, 5.74) is 2.36. The summed E-state index contributed by atoms with van der Waals surface area (Å²) in [5, 5.41) is 14.7. The van der Waals surface area contributed by atoms with Gasteiger partial charge in [0.2, 0.25) is 5.95 Å². The van der Waals surface area contributed by atoms with Crippen molar-refractivity contribution in [2.75, 3.05) is 11.9 Å². The molecule has 1 aromatic carbocycles. The lowest BCUT2D eigenvalue weighted by atomic mass is 10.1. The van der Waals surface area contributed by atoms with Gasteiger partial charge in [0.15, 0.2) is 0 Å². The second-order valence-electron chi connectivity index (χ2n) is 8.10. The normalized spacial score (nSPS) is 14.2. The zero-order chi connectivity index (χ0) is 21.2. The number of imidazole rings is 1. The van der Waals surface area contributed by atoms with Crippen LogP contribution >= 0.6 is 15.9 Å². The Morgan fingerprint density at radius 1 is 1.07 bits per heavy atom. The van der Waals surface area contributed by atoms with Gasteiger partial charge >= 0.3 is 6.09 Å². The smallest absolute Gasteiger partial charge is 0.404 e. The van der Waals surface area contributed by atoms with Crippen LogP contribution in [0.3, 0.4) is 0 Å². The number of unbranched alkanes of at least 4 members (excludes halogenated alkanes) is 5. The van der Waals surface area contributed by atoms with Crippen LogP contribution in [0.1, 0.15) is 64.2 Å². The van der Waals surface area contributed by atoms with E-state index in [0.717, 1.165) is 42.6 Å². The standard InChI is InChI=1S/C23H33BrN4O2/c24-19-13-11-18(12-14-19)21-17-26-22(27-20-9-5-6-10-20)28(21)16-8-4-2-1-3-7-15-25-23(29)30/h11-14,17,20,25H,1-10,15-16H2,(H,26,27)(H,29,30). The van der Waals surface area contributed by atoms with Crippen molar-refractivity contribution in [3.05, 3.63) is 34.9 Å². The molecule has 3 N–H and O–H groups in total. The van der Waals surface area contributed by atoms with E-state index in [1.54, 1.807) is 0 Å². The molecule has 1 fully saturated rings. The molecule has 0 unspecified atom stereocenters. The maximum absolute atomic E-state index is 10.4. The fourth-order valence-corrected chi connectivity index (χ4v) is 4.38. The van der Waals surface area contributed by atoms with Crippen molar-refractivity contribution in [3.63, 3.8) is 0 Å². The van der Waals surface area contributed by atoms with Gasteiger partial charge in [-0.25, -0.2) is 9.78 Å². The maximum atomic E-state index is 10.4. The van der Waals surface area contributed by atoms with Gasteiger partial charge in [-0.15, -0.1) is 0 Å². The number of rotatable bonds is 12. The molecule has 1 heterocycles. The van der Waals surface area contributed by atoms with Gasteiger partial charge in [-0.05, 0) is 43.4 Å². The summed E-state index contributed by atoms with van der Waals surface area (Å²) in [5.74, 6) is 1.000. The van der Waals surface area contributed by atoms with E-state index in [0.29, 0.717) is 12.6 Å². The number of hydrogen-bond acceptors (Lipinski definition) is 3. The van der Waals surface area contributed by atoms with Crippen LogP contribution in [-0.2, 0) is 6.54 Å². The van der Waals surface area contributed by atoms with Gasteiger partial charge in [0.05, 0.1) is 11.9 Å². The Morgan fingerprint density at radius 3 is 2.43 bits per heavy atom. The third-order valence-electron chi connectivity index (χ3n) is 5.77. The summed E-state index contributed by atoms with van der Waals surface area (Å²) in [7, 11) is 0. The van der Waals surface area contributed by atoms with Crippen molar-refractivity contribution in [2.45, 2.75) is 76.8 Å². The van der Waals surface area contributed by atoms with E-state index in [1.165, 1.54) is 49.8 Å². The van der Waals surface area contributed by atoms with E-state index in [4.69, 9.17) is 10.1 Å². The Bertz CT molecular complexity index is 785. The SMILES string of the molecule is O=C(O)NCCCCCCCCn1c(-c2ccc(Br)cc2)cnc1NC1CCCC1. The van der Waals surface area contributed by atoms with Crippen LogP contribution in [0.2, 0.25) is 0 Å². The Hall–Kier alpha value is -2.02. The lowest BCUT2D eigenvalue weighted by molar-refractivity contribution is 0.194. The molecule has 1 aliphatic carbocycles. The first kappa shape index (κ1) is 22.7. The monoisotopic (exact) mass is 476 g/mol. The molecule has 0 atom stereocenters. The van der Waals surface area contributed by atoms with Crippen molar-refractivity contribution in [3.8, 4) is 11.3 Å². The third-order valence-corrected chi connectivity index (χ3v) is 6.30. The third kappa shape index (κ3) is 7.04. The van der Waals surface area contributed by atoms with Crippen LogP contribution < -0.4 is 10.6 Å². The predicted molar refractivity (Wildman–Crippen MR) is 125 cm³/mol. The molecular weight excluding hydrogens is 444 g/mol. The van der Waals surface area contributed by atoms with E-state index < -0.39 is 6.09 Å². The lowest BCUT2D eigenvalue weighted by Crippen LogP contribution is -2.21. The molecule has 0 radical (unpaired) electrons. The number of nitrogens with zero attached hydrogens (tertiary/aromatic N) is 2. The minimum absolute atomic E-state index is 0.545. The first-order valence-corrected chi connectivity index (χ1v) is 12.0. The summed E-state index contributed by atoms with van der Waals surface area (Å²) < 4.78 is 3.43. The van der Waals surface area contributed by atoms with Crippen LogP contribution in [0.4, 0.5) is 10.7 Å². The predicted octanol–water partition coefficient (Wildman–Crippen LogP) is 6.28. The minimum Gasteiger partial charge on any atom is -0.465 e. The Balaban J connectivity index is 1.52. The molecule has 1 aromatic heterocycles. The molecule has 7 heteroatoms. The van der Waals surface area contributed by atoms with Gasteiger partial charge in [-0.2, -0.15) is 0 Å². The van der Waals surface area contributed by atoms with Crippen molar-refractivity contribution >= 4 is 28.0 Å². The molecule has 164 valence electrons. The molecule has 1 aliphatic rings. The number of halogens is 1. The number of nitrogens with one attached hydrogen (secondary N) is 2. The zero-order valence-corrected chi connectivity index (χ0v) is 19.2. The number of carbonyl (C=O) groups is 1. The van der Waals surface area contributed by atoms with Crippen molar-refractivity contribution in [2.24, 2.45) is 0 Å². The molecule has 0 bridgehead atoms. The number of aromatic nitrogens is 2. The van der Waals surface area contributed by atoms with Crippen molar-refractivity contribution < 1.29 is 9.90 Å². The molecule has 6 nitrogen and oxygen atoms in total. The van der Waals surface area contributed by atoms with Gasteiger partial charge in [-0.3, -0.25) is 0 Å². The van der Waals surface area contributed by atoms with Gasteiger partial charge < -0.3 is 20.3 Å². The highest BCUT2D eigenvalue weighted by atomic mass is 79.9. The number of carboxylic acid groups (broad SMARTS) is 1. The zero-order valence-electron chi connectivity index (χ0n) is 17.6. The molecule has 3 rings (SSSR count).